The van der Waals surface area contributed by atoms with Gasteiger partial charge in [-0.2, -0.15) is 0 Å². The molecule has 5 atom stereocenters. The highest BCUT2D eigenvalue weighted by Crippen LogP contribution is 2.20. The normalized spacial score (nSPS) is 13.9. The molecule has 5 amide bonds. The lowest BCUT2D eigenvalue weighted by atomic mass is 9.84. The predicted molar refractivity (Wildman–Crippen MR) is 190 cm³/mol. The van der Waals surface area contributed by atoms with Crippen molar-refractivity contribution in [3.05, 3.63) is 65.7 Å². The zero-order valence-corrected chi connectivity index (χ0v) is 30.2. The number of Topliss-reactive ketones (excluding diaryl/α,β-unsaturated/α-hetero) is 1. The Morgan fingerprint density at radius 3 is 1.45 bits per heavy atom. The fourth-order valence-electron chi connectivity index (χ4n) is 5.30. The van der Waals surface area contributed by atoms with Crippen molar-refractivity contribution in [2.24, 2.45) is 5.41 Å². The minimum absolute atomic E-state index is 0.0841. The van der Waals surface area contributed by atoms with E-state index in [1.54, 1.807) is 51.1 Å². The third-order valence-electron chi connectivity index (χ3n) is 7.86. The first-order valence-electron chi connectivity index (χ1n) is 16.7. The van der Waals surface area contributed by atoms with Crippen molar-refractivity contribution in [3.63, 3.8) is 0 Å². The number of aromatic hydroxyl groups is 1. The van der Waals surface area contributed by atoms with Crippen LogP contribution in [0.25, 0.3) is 0 Å². The lowest BCUT2D eigenvalue weighted by molar-refractivity contribution is -0.142. The van der Waals surface area contributed by atoms with Crippen molar-refractivity contribution < 1.29 is 53.7 Å². The zero-order valence-electron chi connectivity index (χ0n) is 30.2. The highest BCUT2D eigenvalue weighted by molar-refractivity contribution is 5.98. The van der Waals surface area contributed by atoms with Crippen LogP contribution in [0.1, 0.15) is 51.7 Å². The van der Waals surface area contributed by atoms with Crippen molar-refractivity contribution in [1.29, 1.82) is 0 Å². The van der Waals surface area contributed by atoms with Gasteiger partial charge in [0, 0.05) is 12.8 Å². The number of phenolic OH excluding ortho intramolecular Hbond substituents is 1. The van der Waals surface area contributed by atoms with Crippen LogP contribution in [0.4, 0.5) is 0 Å². The van der Waals surface area contributed by atoms with Crippen molar-refractivity contribution in [3.8, 4) is 5.75 Å². The van der Waals surface area contributed by atoms with E-state index in [0.717, 1.165) is 0 Å². The molecule has 2 aromatic rings. The Morgan fingerprint density at radius 1 is 0.604 bits per heavy atom. The number of ketones is 1. The molecule has 0 spiro atoms. The Balaban J connectivity index is 2.49. The van der Waals surface area contributed by atoms with Gasteiger partial charge in [-0.1, -0.05) is 63.2 Å². The number of hydrogen-bond acceptors (Lipinski definition) is 10. The molecule has 0 fully saturated rings. The Hall–Kier alpha value is -5.84. The van der Waals surface area contributed by atoms with E-state index in [-0.39, 0.29) is 25.1 Å². The average Bonchev–Trinajstić information content (AvgIpc) is 3.06. The maximum absolute atomic E-state index is 14.0. The van der Waals surface area contributed by atoms with Crippen LogP contribution < -0.4 is 31.9 Å². The van der Waals surface area contributed by atoms with Gasteiger partial charge in [-0.25, -0.2) is 0 Å². The van der Waals surface area contributed by atoms with Gasteiger partial charge in [-0.15, -0.1) is 0 Å². The number of rotatable bonds is 20. The van der Waals surface area contributed by atoms with Gasteiger partial charge in [0.1, 0.15) is 29.9 Å². The molecule has 0 aromatic heterocycles. The predicted octanol–water partition coefficient (Wildman–Crippen LogP) is -0.595. The van der Waals surface area contributed by atoms with E-state index in [0.29, 0.717) is 11.1 Å². The molecular formula is C36H48N6O11. The third kappa shape index (κ3) is 15.1. The van der Waals surface area contributed by atoms with Gasteiger partial charge < -0.3 is 47.2 Å². The smallest absolute Gasteiger partial charge is 0.305 e. The topological polar surface area (TPSA) is 269 Å². The lowest BCUT2D eigenvalue weighted by Gasteiger charge is -2.31. The molecule has 0 radical (unpaired) electrons. The molecule has 2 aromatic carbocycles. The fraction of sp³-hybridized carbons (Fsp3) is 0.444. The third-order valence-corrected chi connectivity index (χ3v) is 7.86. The van der Waals surface area contributed by atoms with Gasteiger partial charge in [0.25, 0.3) is 0 Å². The number of carbonyl (C=O) groups excluding carboxylic acids is 6. The summed E-state index contributed by atoms with van der Waals surface area (Å²) in [7, 11) is 1.47. The van der Waals surface area contributed by atoms with E-state index >= 15 is 0 Å². The molecule has 0 heterocycles. The van der Waals surface area contributed by atoms with Gasteiger partial charge in [0.2, 0.25) is 29.5 Å². The molecule has 53 heavy (non-hydrogen) atoms. The van der Waals surface area contributed by atoms with Gasteiger partial charge in [0.15, 0.2) is 5.78 Å². The number of benzene rings is 2. The minimum atomic E-state index is -1.68. The van der Waals surface area contributed by atoms with Crippen LogP contribution in [0, 0.1) is 5.41 Å². The summed E-state index contributed by atoms with van der Waals surface area (Å²) >= 11 is 0. The first kappa shape index (κ1) is 43.3. The average molecular weight is 741 g/mol. The highest BCUT2D eigenvalue weighted by atomic mass is 16.4. The summed E-state index contributed by atoms with van der Waals surface area (Å²) in [4.78, 5) is 102. The summed E-state index contributed by atoms with van der Waals surface area (Å²) < 4.78 is 0. The first-order chi connectivity index (χ1) is 24.8. The molecule has 0 aliphatic heterocycles. The summed E-state index contributed by atoms with van der Waals surface area (Å²) in [6.45, 7) is 6.11. The number of likely N-dealkylation sites (N-methyl/N-ethyl adjacent to an activating group) is 1. The molecule has 2 rings (SSSR count). The minimum Gasteiger partial charge on any atom is -0.508 e. The van der Waals surface area contributed by atoms with Crippen molar-refractivity contribution in [1.82, 2.24) is 31.9 Å². The van der Waals surface area contributed by atoms with E-state index in [1.807, 2.05) is 0 Å². The number of phenols is 1. The van der Waals surface area contributed by atoms with Gasteiger partial charge in [-0.05, 0) is 42.6 Å². The Labute approximate surface area is 306 Å². The zero-order chi connectivity index (χ0) is 39.9. The molecule has 9 N–H and O–H groups in total. The summed E-state index contributed by atoms with van der Waals surface area (Å²) in [5.74, 6) is -7.86. The molecule has 288 valence electrons. The second-order valence-electron chi connectivity index (χ2n) is 13.5. The largest absolute Gasteiger partial charge is 0.508 e. The molecule has 0 saturated heterocycles. The Bertz CT molecular complexity index is 1630. The molecule has 0 aliphatic rings. The Kier molecular flexibility index (Phi) is 16.6. The monoisotopic (exact) mass is 740 g/mol. The Morgan fingerprint density at radius 2 is 1.02 bits per heavy atom. The lowest BCUT2D eigenvalue weighted by Crippen LogP contribution is -2.60. The quantitative estimate of drug-likeness (QED) is 0.0824. The van der Waals surface area contributed by atoms with Gasteiger partial charge in [-0.3, -0.25) is 38.4 Å². The maximum atomic E-state index is 14.0. The number of amides is 5. The van der Waals surface area contributed by atoms with E-state index < -0.39 is 95.7 Å². The van der Waals surface area contributed by atoms with E-state index in [9.17, 15) is 53.7 Å². The number of hydrogen-bond donors (Lipinski definition) is 9. The van der Waals surface area contributed by atoms with E-state index in [2.05, 4.69) is 31.9 Å². The SMILES string of the molecule is CNCC(=O)NC(CC(=O)O)C(=O)N[C@@H](Cc1ccccc1)C(=O)NC(Cc1ccc(O)cc1)C(=O)N[C@@H](CC(=O)O)C(=O)N[C@H](C(C)=O)C(C)(C)C. The summed E-state index contributed by atoms with van der Waals surface area (Å²) in [5, 5.41) is 43.6. The molecule has 0 bridgehead atoms. The van der Waals surface area contributed by atoms with E-state index in [4.69, 9.17) is 0 Å². The molecule has 0 aliphatic carbocycles. The van der Waals surface area contributed by atoms with Crippen molar-refractivity contribution in [2.45, 2.75) is 83.6 Å². The number of aliphatic carboxylic acids is 2. The molecule has 17 nitrogen and oxygen atoms in total. The van der Waals surface area contributed by atoms with Crippen LogP contribution in [0.2, 0.25) is 0 Å². The fourth-order valence-corrected chi connectivity index (χ4v) is 5.30. The molecule has 0 saturated carbocycles. The van der Waals surface area contributed by atoms with Gasteiger partial charge in [0.05, 0.1) is 25.4 Å². The standard InChI is InChI=1S/C36H48N6O11/c1-20(43)31(36(2,3)4)42-35(53)27(18-30(48)49)41-33(51)25(16-22-11-13-23(44)14-12-22)39-32(50)24(15-21-9-7-6-8-10-21)40-34(52)26(17-29(46)47)38-28(45)19-37-5/h6-14,24-27,31,37,44H,15-19H2,1-5H3,(H,38,45)(H,39,50)(H,40,52)(H,41,51)(H,42,53)(H,46,47)(H,48,49)/t24-,25?,26?,27-,31+/m0/s1. The number of carbonyl (C=O) groups is 8. The summed E-state index contributed by atoms with van der Waals surface area (Å²) in [5.41, 5.74) is 0.245. The summed E-state index contributed by atoms with van der Waals surface area (Å²) in [6, 6.07) is 6.83. The number of nitrogens with one attached hydrogen (secondary N) is 6. The van der Waals surface area contributed by atoms with E-state index in [1.165, 1.54) is 38.2 Å². The molecule has 2 unspecified atom stereocenters. The van der Waals surface area contributed by atoms with Crippen LogP contribution in [-0.2, 0) is 51.2 Å². The maximum Gasteiger partial charge on any atom is 0.305 e. The molecular weight excluding hydrogens is 692 g/mol. The second-order valence-corrected chi connectivity index (χ2v) is 13.5. The van der Waals surface area contributed by atoms with Gasteiger partial charge >= 0.3 is 11.9 Å². The van der Waals surface area contributed by atoms with Crippen molar-refractivity contribution in [2.75, 3.05) is 13.6 Å². The highest BCUT2D eigenvalue weighted by Gasteiger charge is 2.36. The van der Waals surface area contributed by atoms with Crippen LogP contribution in [0.3, 0.4) is 0 Å². The van der Waals surface area contributed by atoms with Crippen LogP contribution in [-0.4, -0.2) is 106 Å². The van der Waals surface area contributed by atoms with Crippen LogP contribution in [0.15, 0.2) is 54.6 Å². The first-order valence-corrected chi connectivity index (χ1v) is 16.7. The number of carboxylic acids is 2. The molecule has 17 heteroatoms. The summed E-state index contributed by atoms with van der Waals surface area (Å²) in [6.07, 6.45) is -2.05. The van der Waals surface area contributed by atoms with Crippen molar-refractivity contribution >= 4 is 47.3 Å². The van der Waals surface area contributed by atoms with Crippen LogP contribution >= 0.6 is 0 Å². The second kappa shape index (κ2) is 20.3. The number of carboxylic acid groups (broad SMARTS) is 2. The van der Waals surface area contributed by atoms with Crippen LogP contribution in [0.5, 0.6) is 5.75 Å².